The lowest BCUT2D eigenvalue weighted by Gasteiger charge is -2.07. The van der Waals surface area contributed by atoms with Crippen molar-refractivity contribution < 1.29 is 16.8 Å². The van der Waals surface area contributed by atoms with Crippen LogP contribution >= 0.6 is 0 Å². The van der Waals surface area contributed by atoms with Crippen molar-refractivity contribution in [3.05, 3.63) is 10.3 Å². The first-order chi connectivity index (χ1) is 5.34. The van der Waals surface area contributed by atoms with Gasteiger partial charge in [0.2, 0.25) is 0 Å². The lowest BCUT2D eigenvalue weighted by atomic mass is 10.7. The van der Waals surface area contributed by atoms with E-state index >= 15 is 0 Å². The van der Waals surface area contributed by atoms with Gasteiger partial charge in [0.15, 0.2) is 4.24 Å². The van der Waals surface area contributed by atoms with Crippen molar-refractivity contribution >= 4 is 26.3 Å². The Hall–Kier alpha value is -0.930. The van der Waals surface area contributed by atoms with Crippen LogP contribution in [0.3, 0.4) is 0 Å². The van der Waals surface area contributed by atoms with Gasteiger partial charge in [0.05, 0.1) is 6.21 Å². The van der Waals surface area contributed by atoms with E-state index in [4.69, 9.17) is 0 Å². The Kier molecular flexibility index (Phi) is 1.94. The Morgan fingerprint density at radius 3 is 2.42 bits per heavy atom. The van der Waals surface area contributed by atoms with Gasteiger partial charge >= 0.3 is 0 Å². The molecule has 68 valence electrons. The second-order valence-electron chi connectivity index (χ2n) is 1.90. The summed E-state index contributed by atoms with van der Waals surface area (Å²) in [7, 11) is -8.30. The molecule has 0 atom stereocenters. The van der Waals surface area contributed by atoms with Crippen molar-refractivity contribution in [2.45, 2.75) is 0 Å². The summed E-state index contributed by atoms with van der Waals surface area (Å²) < 4.78 is 42.1. The molecule has 0 fully saturated rings. The number of primary sulfonamides is 1. The summed E-state index contributed by atoms with van der Waals surface area (Å²) in [4.78, 5) is 1.63. The van der Waals surface area contributed by atoms with E-state index in [-0.39, 0.29) is 0 Å². The smallest absolute Gasteiger partial charge is 0.224 e. The maximum atomic E-state index is 10.9. The number of hydrogen-bond acceptors (Lipinski definition) is 5. The molecule has 0 saturated heterocycles. The largest absolute Gasteiger partial charge is 0.289 e. The Morgan fingerprint density at radius 2 is 2.08 bits per heavy atom. The highest BCUT2D eigenvalue weighted by molar-refractivity contribution is 8.12. The molecule has 0 aromatic heterocycles. The zero-order valence-corrected chi connectivity index (χ0v) is 7.26. The summed E-state index contributed by atoms with van der Waals surface area (Å²) in [5, 5.41) is 7.74. The first-order valence-electron chi connectivity index (χ1n) is 2.62. The van der Waals surface area contributed by atoms with Crippen LogP contribution in [0.25, 0.3) is 0 Å². The summed E-state index contributed by atoms with van der Waals surface area (Å²) in [6.07, 6.45) is 1.79. The van der Waals surface area contributed by atoms with Gasteiger partial charge in [-0.25, -0.2) is 13.6 Å². The highest BCUT2D eigenvalue weighted by atomic mass is 32.3. The van der Waals surface area contributed by atoms with E-state index in [0.29, 0.717) is 0 Å². The highest BCUT2D eigenvalue weighted by Crippen LogP contribution is 2.10. The van der Waals surface area contributed by atoms with Crippen LogP contribution < -0.4 is 9.97 Å². The van der Waals surface area contributed by atoms with Gasteiger partial charge in [0.25, 0.3) is 20.0 Å². The predicted molar refractivity (Wildman–Crippen MR) is 41.7 cm³/mol. The van der Waals surface area contributed by atoms with E-state index < -0.39 is 24.3 Å². The van der Waals surface area contributed by atoms with Gasteiger partial charge in [0, 0.05) is 0 Å². The molecule has 0 aromatic carbocycles. The van der Waals surface area contributed by atoms with E-state index in [2.05, 4.69) is 10.2 Å². The molecule has 9 heteroatoms. The molecular formula is C3H5N3O4S2. The number of rotatable bonds is 1. The maximum absolute atomic E-state index is 10.9. The van der Waals surface area contributed by atoms with E-state index in [9.17, 15) is 16.8 Å². The van der Waals surface area contributed by atoms with Gasteiger partial charge in [-0.15, -0.1) is 0 Å². The van der Waals surface area contributed by atoms with Gasteiger partial charge in [-0.05, 0) is 6.08 Å². The molecule has 1 rings (SSSR count). The molecule has 0 bridgehead atoms. The Balaban J connectivity index is 3.39. The predicted octanol–water partition coefficient (Wildman–Crippen LogP) is -1.96. The number of sulfonamides is 2. The van der Waals surface area contributed by atoms with Crippen molar-refractivity contribution in [1.29, 1.82) is 0 Å². The second kappa shape index (κ2) is 2.54. The number of allylic oxidation sites excluding steroid dienone is 1. The Bertz CT molecular complexity index is 442. The monoisotopic (exact) mass is 211 g/mol. The number of hydrazone groups is 1. The van der Waals surface area contributed by atoms with Gasteiger partial charge in [0.1, 0.15) is 0 Å². The maximum Gasteiger partial charge on any atom is 0.289 e. The van der Waals surface area contributed by atoms with Crippen LogP contribution in [0.2, 0.25) is 0 Å². The third-order valence-electron chi connectivity index (χ3n) is 1.00. The summed E-state index contributed by atoms with van der Waals surface area (Å²) in [5.41, 5.74) is 0. The zero-order valence-electron chi connectivity index (χ0n) is 5.63. The van der Waals surface area contributed by atoms with E-state index in [1.165, 1.54) is 0 Å². The zero-order chi connectivity index (χ0) is 9.41. The number of hydrogen-bond donors (Lipinski definition) is 2. The highest BCUT2D eigenvalue weighted by Gasteiger charge is 2.28. The number of nitrogens with zero attached hydrogens (tertiary/aromatic N) is 1. The third kappa shape index (κ3) is 1.62. The Labute approximate surface area is 69.1 Å². The van der Waals surface area contributed by atoms with Crippen LogP contribution in [0.15, 0.2) is 15.4 Å². The fourth-order valence-electron chi connectivity index (χ4n) is 0.580. The number of nitrogens with two attached hydrogens (primary N) is 1. The van der Waals surface area contributed by atoms with Crippen molar-refractivity contribution in [3.8, 4) is 0 Å². The summed E-state index contributed by atoms with van der Waals surface area (Å²) in [6.45, 7) is 0. The molecule has 12 heavy (non-hydrogen) atoms. The SMILES string of the molecule is NS(=O)(=O)C1=CC=NNS1(=O)=O. The van der Waals surface area contributed by atoms with Crippen molar-refractivity contribution in [3.63, 3.8) is 0 Å². The quantitative estimate of drug-likeness (QED) is 0.523. The summed E-state index contributed by atoms with van der Waals surface area (Å²) >= 11 is 0. The minimum absolute atomic E-state index is 0.807. The fourth-order valence-corrected chi connectivity index (χ4v) is 2.70. The molecule has 0 aliphatic carbocycles. The lowest BCUT2D eigenvalue weighted by molar-refractivity contribution is 0.587. The lowest BCUT2D eigenvalue weighted by Crippen LogP contribution is -2.30. The average molecular weight is 211 g/mol. The molecule has 1 heterocycles. The van der Waals surface area contributed by atoms with Crippen molar-refractivity contribution in [2.75, 3.05) is 0 Å². The Morgan fingerprint density at radius 1 is 1.50 bits per heavy atom. The standard InChI is InChI=1S/C3H5N3O4S2/c4-11(7,8)3-1-2-5-6-12(3,9)10/h1-2,6H,(H2,4,7,8). The van der Waals surface area contributed by atoms with Gasteiger partial charge in [-0.2, -0.15) is 18.4 Å². The third-order valence-corrected chi connectivity index (χ3v) is 4.07. The minimum atomic E-state index is -4.21. The van der Waals surface area contributed by atoms with E-state index in [1.54, 1.807) is 4.83 Å². The second-order valence-corrected chi connectivity index (χ2v) is 5.32. The first kappa shape index (κ1) is 9.16. The molecule has 0 amide bonds. The molecule has 1 aliphatic heterocycles. The molecule has 0 spiro atoms. The van der Waals surface area contributed by atoms with Gasteiger partial charge < -0.3 is 0 Å². The molecule has 1 aliphatic rings. The van der Waals surface area contributed by atoms with Crippen LogP contribution in [0.4, 0.5) is 0 Å². The average Bonchev–Trinajstić information content (AvgIpc) is 1.83. The normalized spacial score (nSPS) is 21.2. The topological polar surface area (TPSA) is 119 Å². The molecule has 0 radical (unpaired) electrons. The molecule has 3 N–H and O–H groups in total. The van der Waals surface area contributed by atoms with Crippen molar-refractivity contribution in [2.24, 2.45) is 10.2 Å². The minimum Gasteiger partial charge on any atom is -0.224 e. The van der Waals surface area contributed by atoms with E-state index in [0.717, 1.165) is 12.3 Å². The number of nitrogens with one attached hydrogen (secondary N) is 1. The first-order valence-corrected chi connectivity index (χ1v) is 5.65. The summed E-state index contributed by atoms with van der Waals surface area (Å²) in [6, 6.07) is 0. The van der Waals surface area contributed by atoms with Crippen LogP contribution in [-0.2, 0) is 20.0 Å². The fraction of sp³-hybridized carbons (Fsp3) is 0. The van der Waals surface area contributed by atoms with Gasteiger partial charge in [-0.3, -0.25) is 0 Å². The van der Waals surface area contributed by atoms with Crippen molar-refractivity contribution in [1.82, 2.24) is 4.83 Å². The van der Waals surface area contributed by atoms with Crippen LogP contribution in [-0.4, -0.2) is 23.1 Å². The molecule has 0 aromatic rings. The van der Waals surface area contributed by atoms with Crippen LogP contribution in [0.5, 0.6) is 0 Å². The van der Waals surface area contributed by atoms with E-state index in [1.807, 2.05) is 0 Å². The molecule has 0 unspecified atom stereocenters. The van der Waals surface area contributed by atoms with Gasteiger partial charge in [-0.1, -0.05) is 0 Å². The van der Waals surface area contributed by atoms with Crippen LogP contribution in [0.1, 0.15) is 0 Å². The molecule has 7 nitrogen and oxygen atoms in total. The van der Waals surface area contributed by atoms with Crippen LogP contribution in [0, 0.1) is 0 Å². The molecular weight excluding hydrogens is 206 g/mol. The summed E-state index contributed by atoms with van der Waals surface area (Å²) in [5.74, 6) is 0. The molecule has 0 saturated carbocycles.